The zero-order valence-corrected chi connectivity index (χ0v) is 16.6. The fraction of sp³-hybridized carbons (Fsp3) is 0.136. The van der Waals surface area contributed by atoms with Crippen LogP contribution < -0.4 is 4.90 Å². The number of benzene rings is 2. The van der Waals surface area contributed by atoms with Crippen LogP contribution in [0.15, 0.2) is 77.4 Å². The fourth-order valence-electron chi connectivity index (χ4n) is 3.13. The lowest BCUT2D eigenvalue weighted by Crippen LogP contribution is -2.33. The summed E-state index contributed by atoms with van der Waals surface area (Å²) in [6.07, 6.45) is 1.83. The third kappa shape index (κ3) is 4.07. The van der Waals surface area contributed by atoms with Crippen molar-refractivity contribution in [1.82, 2.24) is 14.7 Å². The quantitative estimate of drug-likeness (QED) is 0.456. The zero-order chi connectivity index (χ0) is 20.2. The van der Waals surface area contributed by atoms with Crippen molar-refractivity contribution in [2.24, 2.45) is 0 Å². The molecule has 0 spiro atoms. The topological polar surface area (TPSA) is 64.2 Å². The standard InChI is InChI=1S/C22H19ClN4O2/c1-2-27(18-7-4-3-5-8-18)20(28)15-26-14-6-9-19(26)22-24-21(25-29-22)16-10-12-17(23)13-11-16/h3-14H,2,15H2,1H3. The van der Waals surface area contributed by atoms with Crippen molar-refractivity contribution in [3.8, 4) is 23.0 Å². The molecule has 0 unspecified atom stereocenters. The highest BCUT2D eigenvalue weighted by atomic mass is 35.5. The van der Waals surface area contributed by atoms with Crippen LogP contribution in [-0.4, -0.2) is 27.2 Å². The Bertz CT molecular complexity index is 1100. The van der Waals surface area contributed by atoms with Gasteiger partial charge in [-0.05, 0) is 55.5 Å². The molecule has 2 aromatic carbocycles. The number of amides is 1. The lowest BCUT2D eigenvalue weighted by atomic mass is 10.2. The third-order valence-corrected chi connectivity index (χ3v) is 4.82. The van der Waals surface area contributed by atoms with E-state index in [0.717, 1.165) is 11.3 Å². The minimum Gasteiger partial charge on any atom is -0.334 e. The van der Waals surface area contributed by atoms with Gasteiger partial charge in [-0.1, -0.05) is 35.0 Å². The van der Waals surface area contributed by atoms with Crippen LogP contribution in [0.1, 0.15) is 6.92 Å². The van der Waals surface area contributed by atoms with Gasteiger partial charge in [0.1, 0.15) is 12.2 Å². The van der Waals surface area contributed by atoms with Gasteiger partial charge in [-0.2, -0.15) is 4.98 Å². The third-order valence-electron chi connectivity index (χ3n) is 4.57. The summed E-state index contributed by atoms with van der Waals surface area (Å²) in [7, 11) is 0. The molecule has 0 saturated carbocycles. The van der Waals surface area contributed by atoms with E-state index in [4.69, 9.17) is 16.1 Å². The van der Waals surface area contributed by atoms with Gasteiger partial charge in [0, 0.05) is 29.0 Å². The normalized spacial score (nSPS) is 10.8. The zero-order valence-electron chi connectivity index (χ0n) is 15.8. The second-order valence-corrected chi connectivity index (χ2v) is 6.86. The number of hydrogen-bond acceptors (Lipinski definition) is 4. The van der Waals surface area contributed by atoms with Gasteiger partial charge in [0.2, 0.25) is 11.7 Å². The second-order valence-electron chi connectivity index (χ2n) is 6.42. The van der Waals surface area contributed by atoms with Crippen LogP contribution in [0.3, 0.4) is 0 Å². The molecular formula is C22H19ClN4O2. The molecule has 29 heavy (non-hydrogen) atoms. The van der Waals surface area contributed by atoms with E-state index in [1.807, 2.05) is 72.3 Å². The average Bonchev–Trinajstić information content (AvgIpc) is 3.39. The first-order chi connectivity index (χ1) is 14.2. The summed E-state index contributed by atoms with van der Waals surface area (Å²) >= 11 is 5.93. The van der Waals surface area contributed by atoms with E-state index in [0.29, 0.717) is 29.0 Å². The summed E-state index contributed by atoms with van der Waals surface area (Å²) < 4.78 is 7.26. The number of aromatic nitrogens is 3. The summed E-state index contributed by atoms with van der Waals surface area (Å²) in [5.74, 6) is 0.805. The van der Waals surface area contributed by atoms with Crippen LogP contribution in [-0.2, 0) is 11.3 Å². The number of carbonyl (C=O) groups excluding carboxylic acids is 1. The van der Waals surface area contributed by atoms with Crippen LogP contribution in [0.2, 0.25) is 5.02 Å². The number of halogens is 1. The predicted octanol–water partition coefficient (Wildman–Crippen LogP) is 4.91. The van der Waals surface area contributed by atoms with Crippen molar-refractivity contribution in [3.05, 3.63) is 77.9 Å². The number of hydrogen-bond donors (Lipinski definition) is 0. The number of carbonyl (C=O) groups is 1. The lowest BCUT2D eigenvalue weighted by Gasteiger charge is -2.21. The predicted molar refractivity (Wildman–Crippen MR) is 113 cm³/mol. The maximum Gasteiger partial charge on any atom is 0.274 e. The number of nitrogens with zero attached hydrogens (tertiary/aromatic N) is 4. The largest absolute Gasteiger partial charge is 0.334 e. The summed E-state index contributed by atoms with van der Waals surface area (Å²) in [6.45, 7) is 2.71. The minimum atomic E-state index is -0.0198. The molecule has 0 aliphatic heterocycles. The number of para-hydroxylation sites is 1. The number of rotatable bonds is 6. The van der Waals surface area contributed by atoms with Crippen molar-refractivity contribution in [3.63, 3.8) is 0 Å². The maximum absolute atomic E-state index is 12.9. The van der Waals surface area contributed by atoms with Gasteiger partial charge in [-0.3, -0.25) is 4.79 Å². The van der Waals surface area contributed by atoms with E-state index >= 15 is 0 Å². The molecule has 2 aromatic heterocycles. The highest BCUT2D eigenvalue weighted by Gasteiger charge is 2.18. The fourth-order valence-corrected chi connectivity index (χ4v) is 3.26. The highest BCUT2D eigenvalue weighted by molar-refractivity contribution is 6.30. The average molecular weight is 407 g/mol. The van der Waals surface area contributed by atoms with Crippen LogP contribution in [0.25, 0.3) is 23.0 Å². The highest BCUT2D eigenvalue weighted by Crippen LogP contribution is 2.24. The molecule has 0 atom stereocenters. The van der Waals surface area contributed by atoms with Crippen molar-refractivity contribution in [2.45, 2.75) is 13.5 Å². The monoisotopic (exact) mass is 406 g/mol. The van der Waals surface area contributed by atoms with Gasteiger partial charge in [-0.15, -0.1) is 0 Å². The smallest absolute Gasteiger partial charge is 0.274 e. The van der Waals surface area contributed by atoms with E-state index < -0.39 is 0 Å². The van der Waals surface area contributed by atoms with Crippen LogP contribution in [0.4, 0.5) is 5.69 Å². The lowest BCUT2D eigenvalue weighted by molar-refractivity contribution is -0.119. The first-order valence-electron chi connectivity index (χ1n) is 9.26. The summed E-state index contributed by atoms with van der Waals surface area (Å²) in [5.41, 5.74) is 2.37. The number of likely N-dealkylation sites (N-methyl/N-ethyl adjacent to an activating group) is 1. The van der Waals surface area contributed by atoms with Crippen molar-refractivity contribution in [1.29, 1.82) is 0 Å². The van der Waals surface area contributed by atoms with E-state index in [-0.39, 0.29) is 12.5 Å². The first kappa shape index (κ1) is 19.0. The Balaban J connectivity index is 1.56. The van der Waals surface area contributed by atoms with Crippen LogP contribution in [0, 0.1) is 0 Å². The summed E-state index contributed by atoms with van der Waals surface area (Å²) in [4.78, 5) is 19.1. The van der Waals surface area contributed by atoms with Gasteiger partial charge in [0.15, 0.2) is 0 Å². The SMILES string of the molecule is CCN(C(=O)Cn1cccc1-c1nc(-c2ccc(Cl)cc2)no1)c1ccccc1. The molecule has 146 valence electrons. The second kappa shape index (κ2) is 8.32. The molecule has 0 bridgehead atoms. The molecule has 4 aromatic rings. The van der Waals surface area contributed by atoms with Crippen LogP contribution >= 0.6 is 11.6 Å². The molecule has 2 heterocycles. The van der Waals surface area contributed by atoms with E-state index in [9.17, 15) is 4.79 Å². The van der Waals surface area contributed by atoms with Crippen molar-refractivity contribution < 1.29 is 9.32 Å². The molecule has 0 fully saturated rings. The van der Waals surface area contributed by atoms with Gasteiger partial charge in [0.25, 0.3) is 5.89 Å². The molecule has 0 aliphatic carbocycles. The molecule has 4 rings (SSSR count). The Morgan fingerprint density at radius 3 is 2.55 bits per heavy atom. The van der Waals surface area contributed by atoms with Crippen molar-refractivity contribution in [2.75, 3.05) is 11.4 Å². The summed E-state index contributed by atoms with van der Waals surface area (Å²) in [5, 5.41) is 4.70. The Kier molecular flexibility index (Phi) is 5.44. The van der Waals surface area contributed by atoms with E-state index in [1.54, 1.807) is 17.0 Å². The Hall–Kier alpha value is -3.38. The maximum atomic E-state index is 12.9. The number of anilines is 1. The molecule has 0 saturated heterocycles. The Morgan fingerprint density at radius 1 is 1.07 bits per heavy atom. The molecule has 6 nitrogen and oxygen atoms in total. The Labute approximate surface area is 173 Å². The molecule has 0 radical (unpaired) electrons. The van der Waals surface area contributed by atoms with Crippen LogP contribution in [0.5, 0.6) is 0 Å². The van der Waals surface area contributed by atoms with Gasteiger partial charge in [-0.25, -0.2) is 0 Å². The molecule has 1 amide bonds. The molecule has 0 aliphatic rings. The van der Waals surface area contributed by atoms with Gasteiger partial charge >= 0.3 is 0 Å². The Morgan fingerprint density at radius 2 is 1.83 bits per heavy atom. The van der Waals surface area contributed by atoms with E-state index in [1.165, 1.54) is 0 Å². The minimum absolute atomic E-state index is 0.0198. The van der Waals surface area contributed by atoms with Gasteiger partial charge in [0.05, 0.1) is 0 Å². The van der Waals surface area contributed by atoms with Gasteiger partial charge < -0.3 is 14.0 Å². The summed E-state index contributed by atoms with van der Waals surface area (Å²) in [6, 6.07) is 20.5. The first-order valence-corrected chi connectivity index (χ1v) is 9.64. The molecule has 7 heteroatoms. The van der Waals surface area contributed by atoms with Crippen molar-refractivity contribution >= 4 is 23.2 Å². The molecule has 0 N–H and O–H groups in total. The van der Waals surface area contributed by atoms with E-state index in [2.05, 4.69) is 10.1 Å². The molecular weight excluding hydrogens is 388 g/mol.